The van der Waals surface area contributed by atoms with Gasteiger partial charge in [0.2, 0.25) is 6.39 Å². The van der Waals surface area contributed by atoms with Gasteiger partial charge in [-0.1, -0.05) is 42.4 Å². The molecular weight excluding hydrogens is 188 g/mol. The average molecular weight is 202 g/mol. The molecule has 0 bridgehead atoms. The molecule has 1 aromatic heterocycles. The van der Waals surface area contributed by atoms with Gasteiger partial charge >= 0.3 is 0 Å². The van der Waals surface area contributed by atoms with E-state index in [4.69, 9.17) is 4.52 Å². The van der Waals surface area contributed by atoms with Gasteiger partial charge in [0.05, 0.1) is 0 Å². The first-order valence-electron chi connectivity index (χ1n) is 5.14. The van der Waals surface area contributed by atoms with Gasteiger partial charge in [0.25, 0.3) is 0 Å². The maximum absolute atomic E-state index is 4.70. The molecule has 2 aromatic rings. The molecule has 1 unspecified atom stereocenters. The Kier molecular flexibility index (Phi) is 3.12. The molecule has 0 saturated heterocycles. The van der Waals surface area contributed by atoms with Crippen molar-refractivity contribution in [3.8, 4) is 0 Å². The number of hydrogen-bond donors (Lipinski definition) is 0. The van der Waals surface area contributed by atoms with Crippen LogP contribution in [-0.4, -0.2) is 10.1 Å². The SMILES string of the molecule is CC(Cc1ccccc1)Cc1ncon1. The second kappa shape index (κ2) is 4.73. The third kappa shape index (κ3) is 2.91. The van der Waals surface area contributed by atoms with E-state index in [9.17, 15) is 0 Å². The minimum Gasteiger partial charge on any atom is -0.343 e. The molecule has 15 heavy (non-hydrogen) atoms. The molecule has 0 radical (unpaired) electrons. The zero-order valence-corrected chi connectivity index (χ0v) is 8.76. The summed E-state index contributed by atoms with van der Waals surface area (Å²) in [4.78, 5) is 4.02. The van der Waals surface area contributed by atoms with Crippen molar-refractivity contribution in [2.75, 3.05) is 0 Å². The lowest BCUT2D eigenvalue weighted by Crippen LogP contribution is -2.04. The van der Waals surface area contributed by atoms with Gasteiger partial charge in [0, 0.05) is 6.42 Å². The summed E-state index contributed by atoms with van der Waals surface area (Å²) in [5, 5.41) is 3.81. The highest BCUT2D eigenvalue weighted by atomic mass is 16.5. The van der Waals surface area contributed by atoms with Crippen LogP contribution in [0.3, 0.4) is 0 Å². The quantitative estimate of drug-likeness (QED) is 0.764. The summed E-state index contributed by atoms with van der Waals surface area (Å²) >= 11 is 0. The first-order valence-corrected chi connectivity index (χ1v) is 5.14. The van der Waals surface area contributed by atoms with Crippen LogP contribution in [0, 0.1) is 5.92 Å². The van der Waals surface area contributed by atoms with Crippen molar-refractivity contribution in [2.45, 2.75) is 19.8 Å². The Morgan fingerprint density at radius 2 is 2.00 bits per heavy atom. The van der Waals surface area contributed by atoms with Gasteiger partial charge in [-0.25, -0.2) is 0 Å². The Morgan fingerprint density at radius 1 is 1.20 bits per heavy atom. The van der Waals surface area contributed by atoms with Crippen LogP contribution in [0.15, 0.2) is 41.2 Å². The van der Waals surface area contributed by atoms with Gasteiger partial charge in [0.15, 0.2) is 5.82 Å². The fourth-order valence-corrected chi connectivity index (χ4v) is 1.68. The van der Waals surface area contributed by atoms with Crippen molar-refractivity contribution in [3.63, 3.8) is 0 Å². The van der Waals surface area contributed by atoms with Crippen LogP contribution >= 0.6 is 0 Å². The lowest BCUT2D eigenvalue weighted by Gasteiger charge is -2.08. The molecule has 0 spiro atoms. The molecule has 2 rings (SSSR count). The summed E-state index contributed by atoms with van der Waals surface area (Å²) in [5.41, 5.74) is 1.36. The van der Waals surface area contributed by atoms with E-state index in [1.165, 1.54) is 12.0 Å². The van der Waals surface area contributed by atoms with Gasteiger partial charge in [-0.15, -0.1) is 0 Å². The minimum atomic E-state index is 0.532. The van der Waals surface area contributed by atoms with E-state index < -0.39 is 0 Å². The molecule has 78 valence electrons. The Hall–Kier alpha value is -1.64. The van der Waals surface area contributed by atoms with Crippen LogP contribution in [-0.2, 0) is 12.8 Å². The number of aromatic nitrogens is 2. The van der Waals surface area contributed by atoms with E-state index in [1.807, 2.05) is 6.07 Å². The van der Waals surface area contributed by atoms with Crippen molar-refractivity contribution in [1.29, 1.82) is 0 Å². The fraction of sp³-hybridized carbons (Fsp3) is 0.333. The Morgan fingerprint density at radius 3 is 2.67 bits per heavy atom. The van der Waals surface area contributed by atoms with Crippen LogP contribution in [0.2, 0.25) is 0 Å². The summed E-state index contributed by atoms with van der Waals surface area (Å²) in [6, 6.07) is 10.5. The van der Waals surface area contributed by atoms with Gasteiger partial charge in [0.1, 0.15) is 0 Å². The molecule has 1 atom stereocenters. The van der Waals surface area contributed by atoms with Crippen molar-refractivity contribution in [1.82, 2.24) is 10.1 Å². The van der Waals surface area contributed by atoms with E-state index in [1.54, 1.807) is 0 Å². The van der Waals surface area contributed by atoms with Crippen molar-refractivity contribution in [3.05, 3.63) is 48.1 Å². The van der Waals surface area contributed by atoms with E-state index >= 15 is 0 Å². The molecule has 3 nitrogen and oxygen atoms in total. The largest absolute Gasteiger partial charge is 0.343 e. The lowest BCUT2D eigenvalue weighted by atomic mass is 9.98. The highest BCUT2D eigenvalue weighted by Crippen LogP contribution is 2.11. The predicted octanol–water partition coefficient (Wildman–Crippen LogP) is 2.49. The molecule has 0 saturated carbocycles. The Bertz CT molecular complexity index is 383. The van der Waals surface area contributed by atoms with Crippen molar-refractivity contribution in [2.24, 2.45) is 5.92 Å². The van der Waals surface area contributed by atoms with Crippen LogP contribution in [0.1, 0.15) is 18.3 Å². The summed E-state index contributed by atoms with van der Waals surface area (Å²) in [5.74, 6) is 1.32. The Labute approximate surface area is 89.1 Å². The zero-order chi connectivity index (χ0) is 10.5. The van der Waals surface area contributed by atoms with Gasteiger partial charge in [-0.2, -0.15) is 4.98 Å². The van der Waals surface area contributed by atoms with Crippen LogP contribution < -0.4 is 0 Å². The fourth-order valence-electron chi connectivity index (χ4n) is 1.68. The molecule has 3 heteroatoms. The number of rotatable bonds is 4. The van der Waals surface area contributed by atoms with Gasteiger partial charge in [-0.05, 0) is 17.9 Å². The maximum atomic E-state index is 4.70. The van der Waals surface area contributed by atoms with E-state index in [-0.39, 0.29) is 0 Å². The zero-order valence-electron chi connectivity index (χ0n) is 8.76. The van der Waals surface area contributed by atoms with Crippen LogP contribution in [0.4, 0.5) is 0 Å². The molecule has 1 aromatic carbocycles. The smallest absolute Gasteiger partial charge is 0.213 e. The second-order valence-electron chi connectivity index (χ2n) is 3.85. The topological polar surface area (TPSA) is 38.9 Å². The number of benzene rings is 1. The summed E-state index contributed by atoms with van der Waals surface area (Å²) < 4.78 is 4.70. The molecule has 0 aliphatic rings. The van der Waals surface area contributed by atoms with Crippen molar-refractivity contribution < 1.29 is 4.52 Å². The third-order valence-corrected chi connectivity index (χ3v) is 2.36. The van der Waals surface area contributed by atoms with E-state index in [2.05, 4.69) is 41.3 Å². The predicted molar refractivity (Wildman–Crippen MR) is 57.3 cm³/mol. The molecule has 0 fully saturated rings. The van der Waals surface area contributed by atoms with Gasteiger partial charge < -0.3 is 4.52 Å². The van der Waals surface area contributed by atoms with Crippen LogP contribution in [0.5, 0.6) is 0 Å². The Balaban J connectivity index is 1.90. The highest BCUT2D eigenvalue weighted by Gasteiger charge is 2.07. The molecular formula is C12H14N2O. The van der Waals surface area contributed by atoms with Crippen molar-refractivity contribution >= 4 is 0 Å². The molecule has 1 heterocycles. The molecule has 0 aliphatic carbocycles. The highest BCUT2D eigenvalue weighted by molar-refractivity contribution is 5.15. The molecule has 0 amide bonds. The monoisotopic (exact) mass is 202 g/mol. The number of nitrogens with zero attached hydrogens (tertiary/aromatic N) is 2. The number of hydrogen-bond acceptors (Lipinski definition) is 3. The first-order chi connectivity index (χ1) is 7.34. The van der Waals surface area contributed by atoms with Crippen LogP contribution in [0.25, 0.3) is 0 Å². The average Bonchev–Trinajstić information content (AvgIpc) is 2.71. The van der Waals surface area contributed by atoms with E-state index in [0.717, 1.165) is 18.7 Å². The third-order valence-electron chi connectivity index (χ3n) is 2.36. The minimum absolute atomic E-state index is 0.532. The van der Waals surface area contributed by atoms with E-state index in [0.29, 0.717) is 5.92 Å². The first kappa shape index (κ1) is 9.90. The summed E-state index contributed by atoms with van der Waals surface area (Å²) in [6.07, 6.45) is 3.30. The van der Waals surface area contributed by atoms with Gasteiger partial charge in [-0.3, -0.25) is 0 Å². The second-order valence-corrected chi connectivity index (χ2v) is 3.85. The lowest BCUT2D eigenvalue weighted by molar-refractivity contribution is 0.404. The molecule has 0 aliphatic heterocycles. The normalized spacial score (nSPS) is 12.6. The molecule has 0 N–H and O–H groups in total. The maximum Gasteiger partial charge on any atom is 0.213 e. The standard InChI is InChI=1S/C12H14N2O/c1-10(8-12-13-9-15-14-12)7-11-5-3-2-4-6-11/h2-6,9-10H,7-8H2,1H3. The summed E-state index contributed by atoms with van der Waals surface area (Å²) in [6.45, 7) is 2.20. The summed E-state index contributed by atoms with van der Waals surface area (Å²) in [7, 11) is 0.